The molecule has 0 unspecified atom stereocenters. The molecule has 0 atom stereocenters. The molecule has 2 aromatic carbocycles. The van der Waals surface area contributed by atoms with E-state index in [-0.39, 0.29) is 11.5 Å². The third-order valence-corrected chi connectivity index (χ3v) is 4.08. The van der Waals surface area contributed by atoms with Gasteiger partial charge < -0.3 is 5.32 Å². The lowest BCUT2D eigenvalue weighted by Crippen LogP contribution is -2.17. The zero-order valence-corrected chi connectivity index (χ0v) is 14.5. The number of hydrogen-bond donors (Lipinski definition) is 1. The summed E-state index contributed by atoms with van der Waals surface area (Å²) in [5.74, 6) is -0.762. The lowest BCUT2D eigenvalue weighted by molar-refractivity contribution is 0.102. The second-order valence-electron chi connectivity index (χ2n) is 5.58. The Bertz CT molecular complexity index is 1090. The number of carbonyl (C=O) groups is 1. The highest BCUT2D eigenvalue weighted by Gasteiger charge is 2.16. The van der Waals surface area contributed by atoms with Gasteiger partial charge in [-0.1, -0.05) is 11.6 Å². The van der Waals surface area contributed by atoms with Gasteiger partial charge in [-0.3, -0.25) is 9.36 Å². The largest absolute Gasteiger partial charge is 0.319 e. The molecule has 0 fully saturated rings. The molecular formula is C18H12ClFN6O. The van der Waals surface area contributed by atoms with Crippen LogP contribution < -0.4 is 5.32 Å². The number of rotatable bonds is 4. The second kappa shape index (κ2) is 7.00. The van der Waals surface area contributed by atoms with E-state index in [2.05, 4.69) is 20.4 Å². The zero-order chi connectivity index (χ0) is 18.8. The molecule has 0 saturated carbocycles. The van der Waals surface area contributed by atoms with Crippen molar-refractivity contribution >= 4 is 23.2 Å². The average Bonchev–Trinajstić information content (AvgIpc) is 3.34. The van der Waals surface area contributed by atoms with Crippen LogP contribution in [0, 0.1) is 5.82 Å². The fourth-order valence-electron chi connectivity index (χ4n) is 2.60. The van der Waals surface area contributed by atoms with E-state index >= 15 is 0 Å². The summed E-state index contributed by atoms with van der Waals surface area (Å²) < 4.78 is 16.2. The highest BCUT2D eigenvalue weighted by Crippen LogP contribution is 2.25. The van der Waals surface area contributed by atoms with Crippen LogP contribution in [-0.2, 0) is 0 Å². The van der Waals surface area contributed by atoms with Crippen LogP contribution in [0.25, 0.3) is 11.4 Å². The Kier molecular flexibility index (Phi) is 4.39. The molecule has 0 saturated heterocycles. The second-order valence-corrected chi connectivity index (χ2v) is 6.02. The molecule has 4 rings (SSSR count). The van der Waals surface area contributed by atoms with Crippen molar-refractivity contribution in [2.24, 2.45) is 0 Å². The van der Waals surface area contributed by atoms with Gasteiger partial charge >= 0.3 is 0 Å². The first-order valence-electron chi connectivity index (χ1n) is 7.86. The number of imidazole rings is 1. The van der Waals surface area contributed by atoms with Crippen LogP contribution in [0.3, 0.4) is 0 Å². The lowest BCUT2D eigenvalue weighted by atomic mass is 10.2. The third kappa shape index (κ3) is 3.42. The Morgan fingerprint density at radius 3 is 2.63 bits per heavy atom. The van der Waals surface area contributed by atoms with Crippen molar-refractivity contribution in [3.05, 3.63) is 84.2 Å². The Balaban J connectivity index is 1.68. The summed E-state index contributed by atoms with van der Waals surface area (Å²) in [5, 5.41) is 7.35. The normalized spacial score (nSPS) is 10.7. The van der Waals surface area contributed by atoms with Crippen molar-refractivity contribution in [1.29, 1.82) is 0 Å². The minimum atomic E-state index is -0.402. The molecule has 9 heteroatoms. The highest BCUT2D eigenvalue weighted by molar-refractivity contribution is 6.31. The summed E-state index contributed by atoms with van der Waals surface area (Å²) in [5.41, 5.74) is 1.97. The molecule has 1 amide bonds. The predicted octanol–water partition coefficient (Wildman–Crippen LogP) is 3.50. The number of benzene rings is 2. The van der Waals surface area contributed by atoms with E-state index in [0.29, 0.717) is 22.1 Å². The molecule has 0 radical (unpaired) electrons. The summed E-state index contributed by atoms with van der Waals surface area (Å²) >= 11 is 6.08. The zero-order valence-electron chi connectivity index (χ0n) is 13.8. The van der Waals surface area contributed by atoms with Gasteiger partial charge in [-0.05, 0) is 42.5 Å². The van der Waals surface area contributed by atoms with Gasteiger partial charge in [0.05, 0.1) is 23.9 Å². The maximum absolute atomic E-state index is 13.2. The molecular weight excluding hydrogens is 371 g/mol. The van der Waals surface area contributed by atoms with Crippen LogP contribution in [0.4, 0.5) is 10.1 Å². The first-order valence-corrected chi connectivity index (χ1v) is 8.24. The van der Waals surface area contributed by atoms with E-state index in [0.717, 1.165) is 0 Å². The van der Waals surface area contributed by atoms with Crippen molar-refractivity contribution in [3.63, 3.8) is 0 Å². The number of carbonyl (C=O) groups excluding carboxylic acids is 1. The Morgan fingerprint density at radius 1 is 1.07 bits per heavy atom. The van der Waals surface area contributed by atoms with Crippen LogP contribution in [0.1, 0.15) is 10.5 Å². The van der Waals surface area contributed by atoms with Gasteiger partial charge in [0.2, 0.25) is 0 Å². The monoisotopic (exact) mass is 382 g/mol. The molecule has 4 aromatic rings. The van der Waals surface area contributed by atoms with Crippen molar-refractivity contribution in [1.82, 2.24) is 24.3 Å². The summed E-state index contributed by atoms with van der Waals surface area (Å²) in [6, 6.07) is 10.8. The van der Waals surface area contributed by atoms with Crippen LogP contribution in [-0.4, -0.2) is 30.2 Å². The molecule has 0 aliphatic heterocycles. The summed E-state index contributed by atoms with van der Waals surface area (Å²) in [7, 11) is 0. The molecule has 2 aromatic heterocycles. The third-order valence-electron chi connectivity index (χ3n) is 3.85. The van der Waals surface area contributed by atoms with E-state index in [1.54, 1.807) is 34.9 Å². The minimum absolute atomic E-state index is 0.283. The SMILES string of the molecule is O=C(Nc1cc(Cl)ccc1-n1cncn1)c1cncn1-c1ccc(F)cc1. The standard InChI is InChI=1S/C18H12ClFN6O/c19-12-1-6-16(26-11-22-9-23-26)15(7-12)24-18(27)17-8-21-10-25(17)14-4-2-13(20)3-5-14/h1-11H,(H,24,27). The number of anilines is 1. The predicted molar refractivity (Wildman–Crippen MR) is 97.8 cm³/mol. The summed E-state index contributed by atoms with van der Waals surface area (Å²) in [6.45, 7) is 0. The molecule has 134 valence electrons. The van der Waals surface area contributed by atoms with E-state index in [4.69, 9.17) is 11.6 Å². The van der Waals surface area contributed by atoms with Crippen LogP contribution >= 0.6 is 11.6 Å². The number of aromatic nitrogens is 5. The van der Waals surface area contributed by atoms with Crippen molar-refractivity contribution in [3.8, 4) is 11.4 Å². The molecule has 0 aliphatic carbocycles. The summed E-state index contributed by atoms with van der Waals surface area (Å²) in [4.78, 5) is 20.8. The lowest BCUT2D eigenvalue weighted by Gasteiger charge is -2.12. The van der Waals surface area contributed by atoms with E-state index < -0.39 is 5.91 Å². The van der Waals surface area contributed by atoms with E-state index in [1.807, 2.05) is 0 Å². The molecule has 0 aliphatic rings. The molecule has 2 heterocycles. The number of nitrogens with one attached hydrogen (secondary N) is 1. The molecule has 1 N–H and O–H groups in total. The Labute approximate surface area is 158 Å². The number of halogens is 2. The van der Waals surface area contributed by atoms with Gasteiger partial charge in [0.15, 0.2) is 0 Å². The number of hydrogen-bond acceptors (Lipinski definition) is 4. The number of amides is 1. The van der Waals surface area contributed by atoms with Crippen LogP contribution in [0.5, 0.6) is 0 Å². The minimum Gasteiger partial charge on any atom is -0.319 e. The molecule has 0 bridgehead atoms. The smallest absolute Gasteiger partial charge is 0.274 e. The van der Waals surface area contributed by atoms with Gasteiger partial charge in [-0.2, -0.15) is 5.10 Å². The average molecular weight is 383 g/mol. The van der Waals surface area contributed by atoms with Crippen LogP contribution in [0.2, 0.25) is 5.02 Å². The highest BCUT2D eigenvalue weighted by atomic mass is 35.5. The maximum atomic E-state index is 13.2. The fraction of sp³-hybridized carbons (Fsp3) is 0. The van der Waals surface area contributed by atoms with Gasteiger partial charge in [0, 0.05) is 10.7 Å². The quantitative estimate of drug-likeness (QED) is 0.586. The fourth-order valence-corrected chi connectivity index (χ4v) is 2.77. The number of nitrogens with zero attached hydrogens (tertiary/aromatic N) is 5. The molecule has 27 heavy (non-hydrogen) atoms. The van der Waals surface area contributed by atoms with E-state index in [9.17, 15) is 9.18 Å². The summed E-state index contributed by atoms with van der Waals surface area (Å²) in [6.07, 6.45) is 5.82. The van der Waals surface area contributed by atoms with Crippen molar-refractivity contribution < 1.29 is 9.18 Å². The van der Waals surface area contributed by atoms with Gasteiger partial charge in [0.25, 0.3) is 5.91 Å². The van der Waals surface area contributed by atoms with Crippen LogP contribution in [0.15, 0.2) is 67.6 Å². The maximum Gasteiger partial charge on any atom is 0.274 e. The van der Waals surface area contributed by atoms with E-state index in [1.165, 1.54) is 42.0 Å². The Morgan fingerprint density at radius 2 is 1.89 bits per heavy atom. The first kappa shape index (κ1) is 16.9. The molecule has 0 spiro atoms. The van der Waals surface area contributed by atoms with Crippen molar-refractivity contribution in [2.45, 2.75) is 0 Å². The van der Waals surface area contributed by atoms with Gasteiger partial charge in [0.1, 0.15) is 24.2 Å². The van der Waals surface area contributed by atoms with Crippen molar-refractivity contribution in [2.75, 3.05) is 5.32 Å². The topological polar surface area (TPSA) is 77.6 Å². The Hall–Kier alpha value is -3.52. The molecule has 7 nitrogen and oxygen atoms in total. The first-order chi connectivity index (χ1) is 13.1. The van der Waals surface area contributed by atoms with Gasteiger partial charge in [-0.25, -0.2) is 19.0 Å². The van der Waals surface area contributed by atoms with Gasteiger partial charge in [-0.15, -0.1) is 0 Å².